The van der Waals surface area contributed by atoms with Crippen LogP contribution in [0.25, 0.3) is 0 Å². The van der Waals surface area contributed by atoms with E-state index in [0.717, 1.165) is 6.07 Å². The zero-order chi connectivity index (χ0) is 9.35. The summed E-state index contributed by atoms with van der Waals surface area (Å²) in [6, 6.07) is 0.834. The van der Waals surface area contributed by atoms with Crippen molar-refractivity contribution in [1.29, 1.82) is 0 Å². The van der Waals surface area contributed by atoms with Crippen molar-refractivity contribution < 1.29 is 18.0 Å². The lowest BCUT2D eigenvalue weighted by Gasteiger charge is -2.03. The standard InChI is InChI=1S/C6H2ClF3OS/c7-5(11)4-3(1-2-12-4)6(8,9)10/h1-2H. The molecule has 6 heteroatoms. The molecule has 0 saturated heterocycles. The second kappa shape index (κ2) is 3.06. The molecule has 0 aromatic carbocycles. The van der Waals surface area contributed by atoms with Crippen LogP contribution in [0.1, 0.15) is 15.2 Å². The largest absolute Gasteiger partial charge is 0.417 e. The van der Waals surface area contributed by atoms with Crippen molar-refractivity contribution in [2.75, 3.05) is 0 Å². The number of alkyl halides is 3. The molecule has 0 amide bonds. The highest BCUT2D eigenvalue weighted by atomic mass is 35.5. The first-order chi connectivity index (χ1) is 5.43. The van der Waals surface area contributed by atoms with Gasteiger partial charge in [-0.3, -0.25) is 4.79 Å². The number of carbonyl (C=O) groups excluding carboxylic acids is 1. The van der Waals surface area contributed by atoms with Crippen molar-refractivity contribution in [2.24, 2.45) is 0 Å². The van der Waals surface area contributed by atoms with Gasteiger partial charge < -0.3 is 0 Å². The first-order valence-electron chi connectivity index (χ1n) is 2.77. The number of thiophene rings is 1. The maximum Gasteiger partial charge on any atom is 0.417 e. The van der Waals surface area contributed by atoms with E-state index in [-0.39, 0.29) is 0 Å². The molecular weight excluding hydrogens is 213 g/mol. The Morgan fingerprint density at radius 3 is 2.42 bits per heavy atom. The lowest BCUT2D eigenvalue weighted by atomic mass is 10.2. The van der Waals surface area contributed by atoms with Gasteiger partial charge in [0, 0.05) is 0 Å². The van der Waals surface area contributed by atoms with Crippen molar-refractivity contribution in [2.45, 2.75) is 6.18 Å². The molecule has 0 saturated carbocycles. The zero-order valence-corrected chi connectivity index (χ0v) is 7.06. The van der Waals surface area contributed by atoms with Gasteiger partial charge in [-0.15, -0.1) is 11.3 Å². The predicted octanol–water partition coefficient (Wildman–Crippen LogP) is 3.15. The minimum absolute atomic E-state index is 0.454. The van der Waals surface area contributed by atoms with Gasteiger partial charge in [-0.05, 0) is 23.0 Å². The van der Waals surface area contributed by atoms with Gasteiger partial charge >= 0.3 is 6.18 Å². The molecule has 12 heavy (non-hydrogen) atoms. The molecule has 1 aromatic heterocycles. The molecule has 0 bridgehead atoms. The van der Waals surface area contributed by atoms with Gasteiger partial charge in [-0.25, -0.2) is 0 Å². The summed E-state index contributed by atoms with van der Waals surface area (Å²) in [5, 5.41) is 0.107. The Labute approximate surface area is 74.8 Å². The molecule has 1 rings (SSSR count). The van der Waals surface area contributed by atoms with E-state index in [1.807, 2.05) is 0 Å². The van der Waals surface area contributed by atoms with Crippen LogP contribution in [0.5, 0.6) is 0 Å². The molecule has 0 aliphatic heterocycles. The van der Waals surface area contributed by atoms with E-state index in [1.165, 1.54) is 5.38 Å². The third-order valence-corrected chi connectivity index (χ3v) is 2.36. The van der Waals surface area contributed by atoms with Crippen LogP contribution in [0.2, 0.25) is 0 Å². The molecule has 0 atom stereocenters. The van der Waals surface area contributed by atoms with Crippen LogP contribution in [0, 0.1) is 0 Å². The fraction of sp³-hybridized carbons (Fsp3) is 0.167. The average Bonchev–Trinajstić information content (AvgIpc) is 2.30. The Morgan fingerprint density at radius 1 is 1.50 bits per heavy atom. The molecule has 0 unspecified atom stereocenters. The highest BCUT2D eigenvalue weighted by Gasteiger charge is 2.35. The van der Waals surface area contributed by atoms with Gasteiger partial charge in [0.05, 0.1) is 10.4 Å². The Bertz CT molecular complexity index is 304. The molecule has 1 aromatic rings. The van der Waals surface area contributed by atoms with E-state index in [1.54, 1.807) is 0 Å². The van der Waals surface area contributed by atoms with E-state index >= 15 is 0 Å². The van der Waals surface area contributed by atoms with Crippen molar-refractivity contribution in [3.8, 4) is 0 Å². The van der Waals surface area contributed by atoms with Crippen molar-refractivity contribution in [3.63, 3.8) is 0 Å². The van der Waals surface area contributed by atoms with Crippen molar-refractivity contribution >= 4 is 28.2 Å². The highest BCUT2D eigenvalue weighted by Crippen LogP contribution is 2.35. The maximum atomic E-state index is 12.0. The molecular formula is C6H2ClF3OS. The summed E-state index contributed by atoms with van der Waals surface area (Å²) in [6.45, 7) is 0. The molecule has 1 nitrogen and oxygen atoms in total. The van der Waals surface area contributed by atoms with Crippen LogP contribution >= 0.6 is 22.9 Å². The van der Waals surface area contributed by atoms with Gasteiger partial charge in [0.2, 0.25) is 0 Å². The lowest BCUT2D eigenvalue weighted by Crippen LogP contribution is -2.07. The van der Waals surface area contributed by atoms with Crippen LogP contribution in [-0.2, 0) is 6.18 Å². The van der Waals surface area contributed by atoms with E-state index in [2.05, 4.69) is 0 Å². The van der Waals surface area contributed by atoms with Crippen molar-refractivity contribution in [3.05, 3.63) is 21.9 Å². The number of rotatable bonds is 1. The second-order valence-corrected chi connectivity index (χ2v) is 3.19. The van der Waals surface area contributed by atoms with Crippen LogP contribution in [0.3, 0.4) is 0 Å². The molecule has 0 radical (unpaired) electrons. The molecule has 0 spiro atoms. The lowest BCUT2D eigenvalue weighted by molar-refractivity contribution is -0.137. The van der Waals surface area contributed by atoms with E-state index in [0.29, 0.717) is 11.3 Å². The second-order valence-electron chi connectivity index (χ2n) is 1.93. The monoisotopic (exact) mass is 214 g/mol. The third kappa shape index (κ3) is 1.78. The van der Waals surface area contributed by atoms with E-state index in [4.69, 9.17) is 11.6 Å². The maximum absolute atomic E-state index is 12.0. The van der Waals surface area contributed by atoms with Gasteiger partial charge in [-0.2, -0.15) is 13.2 Å². The number of carbonyl (C=O) groups is 1. The third-order valence-electron chi connectivity index (χ3n) is 1.15. The fourth-order valence-corrected chi connectivity index (χ4v) is 1.66. The van der Waals surface area contributed by atoms with Gasteiger partial charge in [0.15, 0.2) is 0 Å². The Morgan fingerprint density at radius 2 is 2.08 bits per heavy atom. The summed E-state index contributed by atoms with van der Waals surface area (Å²) >= 11 is 5.61. The molecule has 1 heterocycles. The first-order valence-corrected chi connectivity index (χ1v) is 4.03. The number of hydrogen-bond acceptors (Lipinski definition) is 2. The Kier molecular flexibility index (Phi) is 2.44. The SMILES string of the molecule is O=C(Cl)c1sccc1C(F)(F)F. The Balaban J connectivity index is 3.17. The van der Waals surface area contributed by atoms with Crippen LogP contribution in [0.15, 0.2) is 11.4 Å². The quantitative estimate of drug-likeness (QED) is 0.657. The summed E-state index contributed by atoms with van der Waals surface area (Å²) in [5.41, 5.74) is -0.965. The molecule has 0 N–H and O–H groups in total. The Hall–Kier alpha value is -0.550. The minimum atomic E-state index is -4.50. The summed E-state index contributed by atoms with van der Waals surface area (Å²) < 4.78 is 36.1. The minimum Gasteiger partial charge on any atom is -0.275 e. The zero-order valence-electron chi connectivity index (χ0n) is 5.48. The predicted molar refractivity (Wildman–Crippen MR) is 39.5 cm³/mol. The smallest absolute Gasteiger partial charge is 0.275 e. The molecule has 66 valence electrons. The molecule has 0 aliphatic carbocycles. The first kappa shape index (κ1) is 9.54. The molecule has 0 fully saturated rings. The highest BCUT2D eigenvalue weighted by molar-refractivity contribution is 7.14. The van der Waals surface area contributed by atoms with E-state index in [9.17, 15) is 18.0 Å². The fourth-order valence-electron chi connectivity index (χ4n) is 0.685. The summed E-state index contributed by atoms with van der Waals surface area (Å²) in [5.74, 6) is 0. The van der Waals surface area contributed by atoms with Gasteiger partial charge in [0.1, 0.15) is 0 Å². The summed E-state index contributed by atoms with van der Waals surface area (Å²) in [7, 11) is 0. The average molecular weight is 215 g/mol. The normalized spacial score (nSPS) is 11.7. The topological polar surface area (TPSA) is 17.1 Å². The van der Waals surface area contributed by atoms with Gasteiger partial charge in [0.25, 0.3) is 5.24 Å². The van der Waals surface area contributed by atoms with Crippen LogP contribution in [-0.4, -0.2) is 5.24 Å². The molecule has 0 aliphatic rings. The number of halogens is 4. The number of hydrogen-bond donors (Lipinski definition) is 0. The van der Waals surface area contributed by atoms with Crippen LogP contribution in [0.4, 0.5) is 13.2 Å². The summed E-state index contributed by atoms with van der Waals surface area (Å²) in [4.78, 5) is 10.00. The van der Waals surface area contributed by atoms with E-state index < -0.39 is 21.9 Å². The van der Waals surface area contributed by atoms with Crippen LogP contribution < -0.4 is 0 Å². The van der Waals surface area contributed by atoms with Crippen molar-refractivity contribution in [1.82, 2.24) is 0 Å². The summed E-state index contributed by atoms with van der Waals surface area (Å²) in [6.07, 6.45) is -4.50. The van der Waals surface area contributed by atoms with Gasteiger partial charge in [-0.1, -0.05) is 0 Å².